The van der Waals surface area contributed by atoms with Crippen molar-refractivity contribution < 1.29 is 22.4 Å². The molecular formula is C21H14BrF4N5O. The van der Waals surface area contributed by atoms with Crippen LogP contribution in [0.1, 0.15) is 15.9 Å². The van der Waals surface area contributed by atoms with Crippen molar-refractivity contribution in [1.82, 2.24) is 9.97 Å². The van der Waals surface area contributed by atoms with E-state index in [4.69, 9.17) is 5.41 Å². The van der Waals surface area contributed by atoms with Gasteiger partial charge >= 0.3 is 6.18 Å². The second-order valence-electron chi connectivity index (χ2n) is 6.35. The van der Waals surface area contributed by atoms with E-state index in [-0.39, 0.29) is 32.8 Å². The molecule has 0 fully saturated rings. The van der Waals surface area contributed by atoms with E-state index >= 15 is 0 Å². The van der Waals surface area contributed by atoms with Crippen LogP contribution in [0.15, 0.2) is 77.3 Å². The smallest absolute Gasteiger partial charge is 0.350 e. The highest BCUT2D eigenvalue weighted by molar-refractivity contribution is 9.10. The third kappa shape index (κ3) is 5.97. The van der Waals surface area contributed by atoms with Gasteiger partial charge in [0.2, 0.25) is 0 Å². The lowest BCUT2D eigenvalue weighted by atomic mass is 10.1. The zero-order valence-corrected chi connectivity index (χ0v) is 17.6. The lowest BCUT2D eigenvalue weighted by molar-refractivity contribution is -0.0901. The molecule has 0 saturated carbocycles. The molecule has 3 N–H and O–H groups in total. The third-order valence-corrected chi connectivity index (χ3v) is 4.64. The molecule has 164 valence electrons. The first-order chi connectivity index (χ1) is 15.1. The summed E-state index contributed by atoms with van der Waals surface area (Å²) in [5.74, 6) is -1.01. The van der Waals surface area contributed by atoms with Crippen LogP contribution in [0, 0.1) is 11.2 Å². The summed E-state index contributed by atoms with van der Waals surface area (Å²) >= 11 is 2.99. The number of pyridine rings is 2. The minimum atomic E-state index is -4.75. The monoisotopic (exact) mass is 507 g/mol. The summed E-state index contributed by atoms with van der Waals surface area (Å²) < 4.78 is 53.7. The molecule has 1 aromatic carbocycles. The normalized spacial score (nSPS) is 11.7. The fourth-order valence-electron chi connectivity index (χ4n) is 2.46. The Morgan fingerprint density at radius 3 is 2.44 bits per heavy atom. The maximum atomic E-state index is 13.4. The zero-order chi connectivity index (χ0) is 23.3. The van der Waals surface area contributed by atoms with E-state index in [1.807, 2.05) is 0 Å². The Morgan fingerprint density at radius 1 is 1.06 bits per heavy atom. The van der Waals surface area contributed by atoms with Gasteiger partial charge in [0, 0.05) is 23.5 Å². The summed E-state index contributed by atoms with van der Waals surface area (Å²) in [4.78, 5) is 19.9. The number of benzene rings is 1. The first-order valence-corrected chi connectivity index (χ1v) is 9.70. The van der Waals surface area contributed by atoms with E-state index < -0.39 is 23.6 Å². The van der Waals surface area contributed by atoms with Gasteiger partial charge in [0.1, 0.15) is 17.3 Å². The van der Waals surface area contributed by atoms with Crippen LogP contribution in [-0.4, -0.2) is 27.8 Å². The highest BCUT2D eigenvalue weighted by atomic mass is 79.9. The highest BCUT2D eigenvalue weighted by Gasteiger charge is 2.34. The van der Waals surface area contributed by atoms with E-state index in [1.54, 1.807) is 0 Å². The summed E-state index contributed by atoms with van der Waals surface area (Å²) in [6, 6.07) is 9.27. The number of carbonyl (C=O) groups excluding carboxylic acids is 1. The van der Waals surface area contributed by atoms with Crippen molar-refractivity contribution in [3.8, 4) is 0 Å². The lowest BCUT2D eigenvalue weighted by Crippen LogP contribution is -2.21. The molecule has 0 spiro atoms. The largest absolute Gasteiger partial charge is 0.431 e. The maximum Gasteiger partial charge on any atom is 0.431 e. The summed E-state index contributed by atoms with van der Waals surface area (Å²) in [5, 5.41) is 12.5. The predicted octanol–water partition coefficient (Wildman–Crippen LogP) is 5.56. The van der Waals surface area contributed by atoms with Gasteiger partial charge in [-0.3, -0.25) is 9.78 Å². The Bertz CT molecular complexity index is 1170. The molecule has 0 aliphatic rings. The predicted molar refractivity (Wildman–Crippen MR) is 115 cm³/mol. The quantitative estimate of drug-likeness (QED) is 0.301. The molecular weight excluding hydrogens is 494 g/mol. The molecule has 0 atom stereocenters. The Hall–Kier alpha value is -3.60. The van der Waals surface area contributed by atoms with Crippen LogP contribution >= 0.6 is 15.9 Å². The van der Waals surface area contributed by atoms with Gasteiger partial charge in [-0.15, -0.1) is 0 Å². The van der Waals surface area contributed by atoms with Crippen molar-refractivity contribution in [3.63, 3.8) is 0 Å². The fraction of sp³-hybridized carbons (Fsp3) is 0.0476. The Labute approximate surface area is 188 Å². The molecule has 0 unspecified atom stereocenters. The number of amides is 1. The molecule has 11 heteroatoms. The fourth-order valence-corrected chi connectivity index (χ4v) is 2.84. The number of alkyl halides is 3. The highest BCUT2D eigenvalue weighted by Crippen LogP contribution is 2.27. The summed E-state index contributed by atoms with van der Waals surface area (Å²) in [6.07, 6.45) is -0.268. The third-order valence-electron chi connectivity index (χ3n) is 4.03. The van der Waals surface area contributed by atoms with E-state index in [0.29, 0.717) is 6.08 Å². The number of nitrogens with zero attached hydrogens (tertiary/aromatic N) is 2. The minimum absolute atomic E-state index is 0.00455. The molecule has 3 rings (SSSR count). The number of carbonyl (C=O) groups is 1. The SMILES string of the molecule is N=C(/C=C(\Nc1ccc(NC(=O)c2ccc(F)c(Br)c2)nc1)C(F)(F)F)c1cccnc1. The number of hydrogen-bond acceptors (Lipinski definition) is 5. The second kappa shape index (κ2) is 9.69. The molecule has 0 aliphatic heterocycles. The first-order valence-electron chi connectivity index (χ1n) is 8.91. The lowest BCUT2D eigenvalue weighted by Gasteiger charge is -2.15. The van der Waals surface area contributed by atoms with Gasteiger partial charge in [-0.2, -0.15) is 13.2 Å². The van der Waals surface area contributed by atoms with Crippen molar-refractivity contribution in [3.05, 3.63) is 94.2 Å². The van der Waals surface area contributed by atoms with Crippen molar-refractivity contribution >= 4 is 39.1 Å². The average Bonchev–Trinajstić information content (AvgIpc) is 2.76. The Balaban J connectivity index is 1.73. The molecule has 1 amide bonds. The van der Waals surface area contributed by atoms with E-state index in [9.17, 15) is 22.4 Å². The zero-order valence-electron chi connectivity index (χ0n) is 16.0. The maximum absolute atomic E-state index is 13.4. The number of nitrogens with one attached hydrogen (secondary N) is 3. The molecule has 32 heavy (non-hydrogen) atoms. The van der Waals surface area contributed by atoms with Crippen LogP contribution in [0.2, 0.25) is 0 Å². The second-order valence-corrected chi connectivity index (χ2v) is 7.21. The standard InChI is InChI=1S/C21H14BrF4N5O/c22-15-8-12(3-5-16(15)23)20(32)31-19-6-4-14(11-29-19)30-18(21(24,25)26)9-17(27)13-2-1-7-28-10-13/h1-11,27,30H,(H,29,31,32)/b18-9-,27-17?. The first kappa shape index (κ1) is 23.1. The Morgan fingerprint density at radius 2 is 1.84 bits per heavy atom. The van der Waals surface area contributed by atoms with Gasteiger partial charge in [-0.25, -0.2) is 9.37 Å². The van der Waals surface area contributed by atoms with Crippen LogP contribution in [0.25, 0.3) is 0 Å². The topological polar surface area (TPSA) is 90.8 Å². The van der Waals surface area contributed by atoms with Crippen LogP contribution in [0.4, 0.5) is 29.1 Å². The van der Waals surface area contributed by atoms with Gasteiger partial charge < -0.3 is 16.0 Å². The van der Waals surface area contributed by atoms with Gasteiger partial charge in [0.15, 0.2) is 0 Å². The Kier molecular flexibility index (Phi) is 6.98. The van der Waals surface area contributed by atoms with Gasteiger partial charge in [-0.05, 0) is 64.5 Å². The van der Waals surface area contributed by atoms with Crippen molar-refractivity contribution in [2.45, 2.75) is 6.18 Å². The number of rotatable bonds is 6. The molecule has 0 aliphatic carbocycles. The molecule has 0 radical (unpaired) electrons. The molecule has 6 nitrogen and oxygen atoms in total. The molecule has 2 aromatic heterocycles. The average molecular weight is 508 g/mol. The van der Waals surface area contributed by atoms with Crippen molar-refractivity contribution in [2.75, 3.05) is 10.6 Å². The van der Waals surface area contributed by atoms with Crippen LogP contribution in [0.5, 0.6) is 0 Å². The molecule has 2 heterocycles. The molecule has 3 aromatic rings. The van der Waals surface area contributed by atoms with E-state index in [1.165, 1.54) is 48.8 Å². The van der Waals surface area contributed by atoms with Crippen molar-refractivity contribution in [2.24, 2.45) is 0 Å². The number of hydrogen-bond donors (Lipinski definition) is 3. The number of allylic oxidation sites excluding steroid dienone is 2. The van der Waals surface area contributed by atoms with Crippen molar-refractivity contribution in [1.29, 1.82) is 5.41 Å². The summed E-state index contributed by atoms with van der Waals surface area (Å²) in [5.41, 5.74) is -1.16. The number of halogens is 5. The van der Waals surface area contributed by atoms with Crippen LogP contribution in [-0.2, 0) is 0 Å². The van der Waals surface area contributed by atoms with Gasteiger partial charge in [0.25, 0.3) is 5.91 Å². The van der Waals surface area contributed by atoms with E-state index in [0.717, 1.165) is 12.3 Å². The molecule has 0 saturated heterocycles. The number of anilines is 2. The van der Waals surface area contributed by atoms with E-state index in [2.05, 4.69) is 36.5 Å². The van der Waals surface area contributed by atoms with Crippen LogP contribution < -0.4 is 10.6 Å². The summed E-state index contributed by atoms with van der Waals surface area (Å²) in [7, 11) is 0. The van der Waals surface area contributed by atoms with Crippen LogP contribution in [0.3, 0.4) is 0 Å². The van der Waals surface area contributed by atoms with Gasteiger partial charge in [-0.1, -0.05) is 0 Å². The number of aromatic nitrogens is 2. The van der Waals surface area contributed by atoms with Gasteiger partial charge in [0.05, 0.1) is 22.1 Å². The minimum Gasteiger partial charge on any atom is -0.350 e. The summed E-state index contributed by atoms with van der Waals surface area (Å²) in [6.45, 7) is 0. The molecule has 0 bridgehead atoms.